The number of carbonyl (C=O) groups excluding carboxylic acids is 2. The fraction of sp³-hybridized carbons (Fsp3) is 0.111. The second-order valence-corrected chi connectivity index (χ2v) is 3.06. The number of hydrogen-bond donors (Lipinski definition) is 0. The summed E-state index contributed by atoms with van der Waals surface area (Å²) in [5.74, 6) is -0.582. The third-order valence-corrected chi connectivity index (χ3v) is 1.95. The van der Waals surface area contributed by atoms with E-state index in [4.69, 9.17) is 0 Å². The van der Waals surface area contributed by atoms with Crippen molar-refractivity contribution in [3.63, 3.8) is 0 Å². The summed E-state index contributed by atoms with van der Waals surface area (Å²) >= 11 is 0. The molecule has 0 bridgehead atoms. The predicted octanol–water partition coefficient (Wildman–Crippen LogP) is -0.910. The standard InChI is InChI=1S/C9H10B2O2/c10-8(12)7(9(11)13)6-4-2-1-3-5-6/h1-5,7H,10-11H2. The molecule has 0 saturated carbocycles. The van der Waals surface area contributed by atoms with E-state index < -0.39 is 5.92 Å². The Balaban J connectivity index is 3.03. The van der Waals surface area contributed by atoms with Gasteiger partial charge in [-0.25, -0.2) is 0 Å². The van der Waals surface area contributed by atoms with E-state index in [0.29, 0.717) is 0 Å². The molecule has 4 heteroatoms. The smallest absolute Gasteiger partial charge is 0.188 e. The van der Waals surface area contributed by atoms with Crippen LogP contribution in [0.3, 0.4) is 0 Å². The van der Waals surface area contributed by atoms with Crippen LogP contribution < -0.4 is 0 Å². The fourth-order valence-corrected chi connectivity index (χ4v) is 1.40. The molecule has 1 aromatic carbocycles. The molecule has 0 fully saturated rings. The van der Waals surface area contributed by atoms with E-state index >= 15 is 0 Å². The maximum absolute atomic E-state index is 11.2. The van der Waals surface area contributed by atoms with Gasteiger partial charge in [0.1, 0.15) is 0 Å². The van der Waals surface area contributed by atoms with Gasteiger partial charge in [0.15, 0.2) is 15.7 Å². The lowest BCUT2D eigenvalue weighted by Crippen LogP contribution is -2.21. The largest absolute Gasteiger partial charge is 0.311 e. The van der Waals surface area contributed by atoms with E-state index in [1.807, 2.05) is 18.2 Å². The average Bonchev–Trinajstić information content (AvgIpc) is 2.04. The minimum absolute atomic E-state index is 0.0984. The topological polar surface area (TPSA) is 34.1 Å². The Bertz CT molecular complexity index is 308. The van der Waals surface area contributed by atoms with Gasteiger partial charge in [-0.2, -0.15) is 0 Å². The van der Waals surface area contributed by atoms with Crippen LogP contribution in [0.15, 0.2) is 30.3 Å². The fourth-order valence-electron chi connectivity index (χ4n) is 1.40. The first kappa shape index (κ1) is 9.78. The van der Waals surface area contributed by atoms with Gasteiger partial charge in [-0.1, -0.05) is 30.3 Å². The van der Waals surface area contributed by atoms with E-state index in [9.17, 15) is 9.59 Å². The SMILES string of the molecule is BC(=O)C(C(B)=O)c1ccccc1. The summed E-state index contributed by atoms with van der Waals surface area (Å²) in [6.07, 6.45) is 0. The molecule has 0 spiro atoms. The van der Waals surface area contributed by atoms with Crippen LogP contribution in [-0.4, -0.2) is 27.1 Å². The molecule has 0 aliphatic heterocycles. The average molecular weight is 172 g/mol. The Morgan fingerprint density at radius 2 is 1.46 bits per heavy atom. The third kappa shape index (κ3) is 2.31. The Kier molecular flexibility index (Phi) is 3.07. The van der Waals surface area contributed by atoms with Gasteiger partial charge in [0, 0.05) is 0 Å². The highest BCUT2D eigenvalue weighted by Crippen LogP contribution is 2.15. The van der Waals surface area contributed by atoms with Gasteiger partial charge in [0.2, 0.25) is 0 Å². The Labute approximate surface area is 79.2 Å². The zero-order valence-corrected chi connectivity index (χ0v) is 7.78. The van der Waals surface area contributed by atoms with Gasteiger partial charge in [-0.15, -0.1) is 0 Å². The normalized spacial score (nSPS) is 9.92. The van der Waals surface area contributed by atoms with Crippen molar-refractivity contribution < 1.29 is 9.59 Å². The number of benzene rings is 1. The molecule has 0 unspecified atom stereocenters. The summed E-state index contributed by atoms with van der Waals surface area (Å²) in [6, 6.07) is 9.12. The van der Waals surface area contributed by atoms with Gasteiger partial charge in [0.05, 0.1) is 17.3 Å². The molecule has 0 heterocycles. The molecule has 13 heavy (non-hydrogen) atoms. The lowest BCUT2D eigenvalue weighted by atomic mass is 9.75. The molecule has 2 nitrogen and oxygen atoms in total. The number of carbonyl (C=O) groups is 2. The Morgan fingerprint density at radius 1 is 1.00 bits per heavy atom. The number of hydrogen-bond acceptors (Lipinski definition) is 2. The van der Waals surface area contributed by atoms with Gasteiger partial charge in [0.25, 0.3) is 0 Å². The molecular weight excluding hydrogens is 162 g/mol. The third-order valence-electron chi connectivity index (χ3n) is 1.95. The van der Waals surface area contributed by atoms with Gasteiger partial charge in [-0.3, -0.25) is 0 Å². The highest BCUT2D eigenvalue weighted by molar-refractivity contribution is 6.69. The molecule has 0 atom stereocenters. The summed E-state index contributed by atoms with van der Waals surface area (Å²) < 4.78 is 0. The number of rotatable bonds is 3. The van der Waals surface area contributed by atoms with Crippen LogP contribution in [0.25, 0.3) is 0 Å². The quantitative estimate of drug-likeness (QED) is 0.436. The Hall–Kier alpha value is -1.31. The van der Waals surface area contributed by atoms with Crippen LogP contribution in [0.5, 0.6) is 0 Å². The van der Waals surface area contributed by atoms with Crippen LogP contribution in [0.2, 0.25) is 0 Å². The van der Waals surface area contributed by atoms with Crippen molar-refractivity contribution in [3.05, 3.63) is 35.9 Å². The van der Waals surface area contributed by atoms with Crippen LogP contribution in [-0.2, 0) is 9.59 Å². The molecule has 1 rings (SSSR count). The second kappa shape index (κ2) is 4.08. The molecule has 0 saturated heterocycles. The molecule has 0 N–H and O–H groups in total. The minimum atomic E-state index is -0.582. The first-order valence-electron chi connectivity index (χ1n) is 4.18. The maximum atomic E-state index is 11.2. The van der Waals surface area contributed by atoms with Crippen molar-refractivity contribution in [1.82, 2.24) is 0 Å². The first-order valence-corrected chi connectivity index (χ1v) is 4.18. The summed E-state index contributed by atoms with van der Waals surface area (Å²) in [4.78, 5) is 22.3. The zero-order valence-electron chi connectivity index (χ0n) is 7.78. The summed E-state index contributed by atoms with van der Waals surface area (Å²) in [5, 5.41) is 0. The van der Waals surface area contributed by atoms with Crippen LogP contribution in [0.1, 0.15) is 11.5 Å². The van der Waals surface area contributed by atoms with Crippen LogP contribution >= 0.6 is 0 Å². The highest BCUT2D eigenvalue weighted by Gasteiger charge is 2.19. The molecule has 0 radical (unpaired) electrons. The second-order valence-electron chi connectivity index (χ2n) is 3.06. The Morgan fingerprint density at radius 3 is 1.85 bits per heavy atom. The molecule has 0 aromatic heterocycles. The predicted molar refractivity (Wildman–Crippen MR) is 56.3 cm³/mol. The van der Waals surface area contributed by atoms with Crippen molar-refractivity contribution in [3.8, 4) is 0 Å². The van der Waals surface area contributed by atoms with E-state index in [1.165, 1.54) is 15.7 Å². The zero-order chi connectivity index (χ0) is 9.84. The summed E-state index contributed by atoms with van der Waals surface area (Å²) in [7, 11) is 2.89. The van der Waals surface area contributed by atoms with Crippen molar-refractivity contribution in [2.75, 3.05) is 0 Å². The molecule has 64 valence electrons. The van der Waals surface area contributed by atoms with E-state index in [1.54, 1.807) is 12.1 Å². The monoisotopic (exact) mass is 172 g/mol. The van der Waals surface area contributed by atoms with E-state index in [2.05, 4.69) is 0 Å². The van der Waals surface area contributed by atoms with Crippen LogP contribution in [0, 0.1) is 0 Å². The molecule has 0 amide bonds. The van der Waals surface area contributed by atoms with Crippen molar-refractivity contribution >= 4 is 27.1 Å². The van der Waals surface area contributed by atoms with E-state index in [0.717, 1.165) is 5.56 Å². The minimum Gasteiger partial charge on any atom is -0.311 e. The lowest BCUT2D eigenvalue weighted by Gasteiger charge is -2.10. The summed E-state index contributed by atoms with van der Waals surface area (Å²) in [5.41, 5.74) is 0.583. The van der Waals surface area contributed by atoms with Crippen molar-refractivity contribution in [1.29, 1.82) is 0 Å². The van der Waals surface area contributed by atoms with Crippen LogP contribution in [0.4, 0.5) is 0 Å². The molecule has 0 aliphatic rings. The molecule has 0 aliphatic carbocycles. The van der Waals surface area contributed by atoms with Crippen molar-refractivity contribution in [2.24, 2.45) is 0 Å². The van der Waals surface area contributed by atoms with Crippen molar-refractivity contribution in [2.45, 2.75) is 5.92 Å². The maximum Gasteiger partial charge on any atom is 0.188 e. The van der Waals surface area contributed by atoms with Gasteiger partial charge in [-0.05, 0) is 5.56 Å². The van der Waals surface area contributed by atoms with E-state index in [-0.39, 0.29) is 11.4 Å². The molecule has 1 aromatic rings. The molecular formula is C9H10B2O2. The van der Waals surface area contributed by atoms with Gasteiger partial charge < -0.3 is 9.59 Å². The highest BCUT2D eigenvalue weighted by atomic mass is 16.1. The lowest BCUT2D eigenvalue weighted by molar-refractivity contribution is -0.120. The van der Waals surface area contributed by atoms with Gasteiger partial charge >= 0.3 is 0 Å². The first-order chi connectivity index (χ1) is 6.13. The summed E-state index contributed by atoms with van der Waals surface area (Å²) in [6.45, 7) is 0.